The van der Waals surface area contributed by atoms with Gasteiger partial charge in [-0.2, -0.15) is 0 Å². The predicted octanol–water partition coefficient (Wildman–Crippen LogP) is 5.51. The Labute approximate surface area is 201 Å². The molecule has 0 aliphatic heterocycles. The highest BCUT2D eigenvalue weighted by atomic mass is 35.5. The van der Waals surface area contributed by atoms with Gasteiger partial charge in [-0.1, -0.05) is 69.1 Å². The third-order valence-corrected chi connectivity index (χ3v) is 5.71. The second-order valence-electron chi connectivity index (χ2n) is 8.11. The molecule has 1 atom stereocenters. The number of carbonyl (C=O) groups excluding carboxylic acids is 2. The lowest BCUT2D eigenvalue weighted by Gasteiger charge is -2.31. The summed E-state index contributed by atoms with van der Waals surface area (Å²) >= 11 is 12.4. The van der Waals surface area contributed by atoms with Crippen molar-refractivity contribution in [3.8, 4) is 5.75 Å². The average molecular weight is 479 g/mol. The summed E-state index contributed by atoms with van der Waals surface area (Å²) in [6.07, 6.45) is 1.39. The minimum Gasteiger partial charge on any atom is -0.484 e. The van der Waals surface area contributed by atoms with Gasteiger partial charge in [0.1, 0.15) is 11.8 Å². The number of hydrogen-bond acceptors (Lipinski definition) is 3. The summed E-state index contributed by atoms with van der Waals surface area (Å²) in [4.78, 5) is 27.6. The van der Waals surface area contributed by atoms with Crippen molar-refractivity contribution in [1.82, 2.24) is 10.2 Å². The van der Waals surface area contributed by atoms with Gasteiger partial charge in [-0.15, -0.1) is 0 Å². The summed E-state index contributed by atoms with van der Waals surface area (Å²) in [6.45, 7) is 8.55. The van der Waals surface area contributed by atoms with Gasteiger partial charge < -0.3 is 15.0 Å². The molecule has 0 fully saturated rings. The highest BCUT2D eigenvalue weighted by molar-refractivity contribution is 6.35. The van der Waals surface area contributed by atoms with Crippen LogP contribution in [-0.4, -0.2) is 35.9 Å². The fourth-order valence-corrected chi connectivity index (χ4v) is 3.69. The lowest BCUT2D eigenvalue weighted by atomic mass is 10.1. The fourth-order valence-electron chi connectivity index (χ4n) is 3.22. The van der Waals surface area contributed by atoms with Crippen molar-refractivity contribution in [2.24, 2.45) is 5.92 Å². The lowest BCUT2D eigenvalue weighted by Crippen LogP contribution is -2.50. The molecule has 2 aromatic carbocycles. The minimum absolute atomic E-state index is 0.176. The Morgan fingerprint density at radius 3 is 2.31 bits per heavy atom. The molecule has 1 N–H and O–H groups in total. The monoisotopic (exact) mass is 478 g/mol. The molecule has 0 aliphatic carbocycles. The van der Waals surface area contributed by atoms with E-state index in [1.807, 2.05) is 45.0 Å². The second kappa shape index (κ2) is 12.7. The number of rotatable bonds is 11. The molecule has 0 bridgehead atoms. The van der Waals surface area contributed by atoms with Crippen molar-refractivity contribution >= 4 is 35.0 Å². The van der Waals surface area contributed by atoms with Crippen molar-refractivity contribution in [1.29, 1.82) is 0 Å². The molecular weight excluding hydrogens is 447 g/mol. The number of halogens is 2. The number of amides is 2. The van der Waals surface area contributed by atoms with Crippen LogP contribution in [0, 0.1) is 5.92 Å². The van der Waals surface area contributed by atoms with Gasteiger partial charge in [-0.05, 0) is 54.2 Å². The quantitative estimate of drug-likeness (QED) is 0.462. The van der Waals surface area contributed by atoms with Crippen LogP contribution in [0.1, 0.15) is 45.2 Å². The van der Waals surface area contributed by atoms with Gasteiger partial charge in [-0.3, -0.25) is 9.59 Å². The Morgan fingerprint density at radius 2 is 1.75 bits per heavy atom. The maximum Gasteiger partial charge on any atom is 0.261 e. The SMILES string of the molecule is CCc1ccc(OCC(=O)N(Cc2ccc(Cl)cc2Cl)[C@H](CC)C(=O)NCC(C)C)cc1. The number of aryl methyl sites for hydroxylation is 1. The Morgan fingerprint density at radius 1 is 1.06 bits per heavy atom. The normalized spacial score (nSPS) is 11.8. The number of ether oxygens (including phenoxy) is 1. The summed E-state index contributed by atoms with van der Waals surface area (Å²) in [5, 5.41) is 3.90. The van der Waals surface area contributed by atoms with Gasteiger partial charge in [0.2, 0.25) is 5.91 Å². The molecule has 0 spiro atoms. The van der Waals surface area contributed by atoms with Crippen LogP contribution in [0.15, 0.2) is 42.5 Å². The van der Waals surface area contributed by atoms with Gasteiger partial charge in [0, 0.05) is 23.1 Å². The Hall–Kier alpha value is -2.24. The van der Waals surface area contributed by atoms with E-state index in [4.69, 9.17) is 27.9 Å². The summed E-state index contributed by atoms with van der Waals surface area (Å²) < 4.78 is 5.73. The van der Waals surface area contributed by atoms with Gasteiger partial charge in [0.05, 0.1) is 0 Å². The Balaban J connectivity index is 2.21. The lowest BCUT2D eigenvalue weighted by molar-refractivity contribution is -0.143. The molecule has 0 aliphatic rings. The van der Waals surface area contributed by atoms with E-state index >= 15 is 0 Å². The molecule has 2 rings (SSSR count). The van der Waals surface area contributed by atoms with E-state index in [2.05, 4.69) is 12.2 Å². The van der Waals surface area contributed by atoms with Crippen molar-refractivity contribution in [2.45, 2.75) is 53.1 Å². The standard InChI is InChI=1S/C25H32Cl2N2O3/c1-5-18-7-11-21(12-8-18)32-16-24(30)29(15-19-9-10-20(26)13-22(19)27)23(6-2)25(31)28-14-17(3)4/h7-13,17,23H,5-6,14-16H2,1-4H3,(H,28,31)/t23-/m1/s1. The van der Waals surface area contributed by atoms with Crippen LogP contribution in [0.3, 0.4) is 0 Å². The third-order valence-electron chi connectivity index (χ3n) is 5.12. The van der Waals surface area contributed by atoms with E-state index in [0.717, 1.165) is 6.42 Å². The van der Waals surface area contributed by atoms with Crippen LogP contribution >= 0.6 is 23.2 Å². The largest absolute Gasteiger partial charge is 0.484 e. The van der Waals surface area contributed by atoms with Crippen LogP contribution in [0.25, 0.3) is 0 Å². The van der Waals surface area contributed by atoms with Gasteiger partial charge in [0.15, 0.2) is 6.61 Å². The van der Waals surface area contributed by atoms with E-state index < -0.39 is 6.04 Å². The van der Waals surface area contributed by atoms with Crippen LogP contribution in [0.2, 0.25) is 10.0 Å². The fraction of sp³-hybridized carbons (Fsp3) is 0.440. The second-order valence-corrected chi connectivity index (χ2v) is 8.95. The molecule has 0 radical (unpaired) electrons. The first-order chi connectivity index (χ1) is 15.2. The number of nitrogens with zero attached hydrogens (tertiary/aromatic N) is 1. The van der Waals surface area contributed by atoms with Gasteiger partial charge in [-0.25, -0.2) is 0 Å². The number of benzene rings is 2. The predicted molar refractivity (Wildman–Crippen MR) is 130 cm³/mol. The Bertz CT molecular complexity index is 901. The highest BCUT2D eigenvalue weighted by Crippen LogP contribution is 2.24. The molecule has 0 unspecified atom stereocenters. The van der Waals surface area contributed by atoms with Crippen LogP contribution < -0.4 is 10.1 Å². The summed E-state index contributed by atoms with van der Waals surface area (Å²) in [5.41, 5.74) is 1.90. The van der Waals surface area contributed by atoms with Crippen molar-refractivity contribution < 1.29 is 14.3 Å². The third kappa shape index (κ3) is 7.72. The maximum atomic E-state index is 13.2. The van der Waals surface area contributed by atoms with E-state index in [9.17, 15) is 9.59 Å². The minimum atomic E-state index is -0.640. The zero-order chi connectivity index (χ0) is 23.7. The van der Waals surface area contributed by atoms with E-state index in [-0.39, 0.29) is 25.0 Å². The zero-order valence-electron chi connectivity index (χ0n) is 19.2. The first kappa shape index (κ1) is 26.0. The highest BCUT2D eigenvalue weighted by Gasteiger charge is 2.29. The summed E-state index contributed by atoms with van der Waals surface area (Å²) in [5.74, 6) is 0.437. The molecule has 32 heavy (non-hydrogen) atoms. The molecular formula is C25H32Cl2N2O3. The summed E-state index contributed by atoms with van der Waals surface area (Å²) in [6, 6.07) is 12.1. The number of carbonyl (C=O) groups is 2. The van der Waals surface area contributed by atoms with E-state index in [0.29, 0.717) is 40.2 Å². The molecule has 5 nitrogen and oxygen atoms in total. The topological polar surface area (TPSA) is 58.6 Å². The van der Waals surface area contributed by atoms with E-state index in [1.54, 1.807) is 18.2 Å². The van der Waals surface area contributed by atoms with Gasteiger partial charge in [0.25, 0.3) is 5.91 Å². The zero-order valence-corrected chi connectivity index (χ0v) is 20.7. The van der Waals surface area contributed by atoms with Crippen LogP contribution in [-0.2, 0) is 22.6 Å². The smallest absolute Gasteiger partial charge is 0.261 e. The van der Waals surface area contributed by atoms with Crippen molar-refractivity contribution in [2.75, 3.05) is 13.2 Å². The molecule has 0 heterocycles. The van der Waals surface area contributed by atoms with Crippen molar-refractivity contribution in [3.63, 3.8) is 0 Å². The Kier molecular flexibility index (Phi) is 10.3. The van der Waals surface area contributed by atoms with Crippen LogP contribution in [0.4, 0.5) is 0 Å². The molecule has 174 valence electrons. The molecule has 2 amide bonds. The molecule has 0 saturated heterocycles. The average Bonchev–Trinajstić information content (AvgIpc) is 2.77. The molecule has 7 heteroatoms. The van der Waals surface area contributed by atoms with E-state index in [1.165, 1.54) is 10.5 Å². The first-order valence-electron chi connectivity index (χ1n) is 11.0. The molecule has 0 aromatic heterocycles. The van der Waals surface area contributed by atoms with Gasteiger partial charge >= 0.3 is 0 Å². The van der Waals surface area contributed by atoms with Crippen LogP contribution in [0.5, 0.6) is 5.75 Å². The number of hydrogen-bond donors (Lipinski definition) is 1. The van der Waals surface area contributed by atoms with Crippen molar-refractivity contribution in [3.05, 3.63) is 63.6 Å². The number of nitrogens with one attached hydrogen (secondary N) is 1. The molecule has 2 aromatic rings. The first-order valence-corrected chi connectivity index (χ1v) is 11.7. The molecule has 0 saturated carbocycles. The summed E-state index contributed by atoms with van der Waals surface area (Å²) in [7, 11) is 0. The maximum absolute atomic E-state index is 13.2.